The molecule has 38 heavy (non-hydrogen) atoms. The van der Waals surface area contributed by atoms with Gasteiger partial charge in [-0.3, -0.25) is 4.68 Å². The van der Waals surface area contributed by atoms with Crippen molar-refractivity contribution in [2.24, 2.45) is 30.5 Å². The smallest absolute Gasteiger partial charge is 0.475 e. The van der Waals surface area contributed by atoms with Crippen molar-refractivity contribution < 1.29 is 23.1 Å². The van der Waals surface area contributed by atoms with E-state index < -0.39 is 12.1 Å². The molecule has 13 heteroatoms. The van der Waals surface area contributed by atoms with Gasteiger partial charge in [0, 0.05) is 55.4 Å². The van der Waals surface area contributed by atoms with E-state index in [1.807, 2.05) is 56.1 Å². The number of aromatic nitrogens is 5. The van der Waals surface area contributed by atoms with Crippen molar-refractivity contribution in [3.05, 3.63) is 54.6 Å². The van der Waals surface area contributed by atoms with Crippen molar-refractivity contribution >= 4 is 17.3 Å². The Kier molecular flexibility index (Phi) is 6.28. The number of alkyl halides is 3. The minimum Gasteiger partial charge on any atom is -0.475 e. The Morgan fingerprint density at radius 1 is 1.13 bits per heavy atom. The Morgan fingerprint density at radius 2 is 1.82 bits per heavy atom. The van der Waals surface area contributed by atoms with E-state index in [4.69, 9.17) is 20.7 Å². The number of anilines is 1. The molecule has 1 unspecified atom stereocenters. The highest BCUT2D eigenvalue weighted by Gasteiger charge is 2.54. The number of nitrogens with zero attached hydrogens (tertiary/aromatic N) is 7. The molecule has 1 saturated carbocycles. The van der Waals surface area contributed by atoms with Crippen LogP contribution < -0.4 is 10.6 Å². The summed E-state index contributed by atoms with van der Waals surface area (Å²) in [6.45, 7) is 2.87. The molecule has 0 spiro atoms. The van der Waals surface area contributed by atoms with Gasteiger partial charge in [0.05, 0.1) is 11.7 Å². The Labute approximate surface area is 214 Å². The lowest BCUT2D eigenvalue weighted by molar-refractivity contribution is -0.192. The third-order valence-corrected chi connectivity index (χ3v) is 7.01. The van der Waals surface area contributed by atoms with Crippen LogP contribution in [0.5, 0.6) is 0 Å². The molecule has 0 radical (unpaired) electrons. The van der Waals surface area contributed by atoms with Crippen LogP contribution in [0.25, 0.3) is 27.9 Å². The first-order valence-corrected chi connectivity index (χ1v) is 11.7. The third kappa shape index (κ3) is 4.66. The van der Waals surface area contributed by atoms with Gasteiger partial charge >= 0.3 is 12.1 Å². The molecule has 10 nitrogen and oxygen atoms in total. The van der Waals surface area contributed by atoms with Crippen molar-refractivity contribution in [1.82, 2.24) is 24.4 Å². The number of nitriles is 1. The molecule has 4 aromatic heterocycles. The molecule has 0 bridgehead atoms. The number of pyridine rings is 2. The van der Waals surface area contributed by atoms with E-state index in [1.54, 1.807) is 9.20 Å². The number of hydrogen-bond donors (Lipinski definition) is 2. The van der Waals surface area contributed by atoms with Gasteiger partial charge in [-0.2, -0.15) is 28.6 Å². The average Bonchev–Trinajstić information content (AvgIpc) is 3.28. The van der Waals surface area contributed by atoms with E-state index in [9.17, 15) is 18.4 Å². The predicted molar refractivity (Wildman–Crippen MR) is 131 cm³/mol. The van der Waals surface area contributed by atoms with Crippen LogP contribution in [0.4, 0.5) is 19.0 Å². The first kappa shape index (κ1) is 25.2. The minimum absolute atomic E-state index is 0.556. The van der Waals surface area contributed by atoms with Crippen LogP contribution in [-0.4, -0.2) is 61.3 Å². The highest BCUT2D eigenvalue weighted by atomic mass is 19.4. The number of aryl methyl sites for hydroxylation is 1. The van der Waals surface area contributed by atoms with Crippen LogP contribution in [0.3, 0.4) is 0 Å². The first-order valence-electron chi connectivity index (χ1n) is 11.7. The number of carboxylic acids is 1. The van der Waals surface area contributed by atoms with Crippen LogP contribution in [0.1, 0.15) is 5.56 Å². The number of hydrogen-bond acceptors (Lipinski definition) is 7. The number of piperidine rings is 1. The number of fused-ring (bicyclic) bond motifs is 2. The maximum Gasteiger partial charge on any atom is 0.490 e. The van der Waals surface area contributed by atoms with Crippen LogP contribution in [0.2, 0.25) is 0 Å². The Balaban J connectivity index is 0.000000374. The van der Waals surface area contributed by atoms with Crippen molar-refractivity contribution in [1.29, 1.82) is 5.26 Å². The van der Waals surface area contributed by atoms with Crippen LogP contribution >= 0.6 is 0 Å². The largest absolute Gasteiger partial charge is 0.490 e. The van der Waals surface area contributed by atoms with Gasteiger partial charge in [0.2, 0.25) is 0 Å². The van der Waals surface area contributed by atoms with Gasteiger partial charge in [-0.25, -0.2) is 14.3 Å². The van der Waals surface area contributed by atoms with Gasteiger partial charge in [0.15, 0.2) is 0 Å². The van der Waals surface area contributed by atoms with E-state index in [-0.39, 0.29) is 0 Å². The number of carboxylic acid groups (broad SMARTS) is 1. The summed E-state index contributed by atoms with van der Waals surface area (Å²) < 4.78 is 35.3. The van der Waals surface area contributed by atoms with Crippen molar-refractivity contribution in [3.63, 3.8) is 0 Å². The van der Waals surface area contributed by atoms with Gasteiger partial charge in [-0.1, -0.05) is 6.07 Å². The highest BCUT2D eigenvalue weighted by Crippen LogP contribution is 2.51. The van der Waals surface area contributed by atoms with Gasteiger partial charge in [-0.15, -0.1) is 0 Å². The fourth-order valence-electron chi connectivity index (χ4n) is 5.00. The fourth-order valence-corrected chi connectivity index (χ4v) is 5.00. The fraction of sp³-hybridized carbons (Fsp3) is 0.320. The molecule has 3 N–H and O–H groups in total. The summed E-state index contributed by atoms with van der Waals surface area (Å²) in [7, 11) is 1.89. The zero-order valence-corrected chi connectivity index (χ0v) is 20.2. The molecule has 0 amide bonds. The van der Waals surface area contributed by atoms with Crippen molar-refractivity contribution in [3.8, 4) is 28.5 Å². The standard InChI is InChI=1S/C23H22N8.C2HF3O2/c1-29-10-16(9-27-29)15-2-4-21-18(7-25)23(28-31(21)11-15)14-3-5-22(26-8-14)30-12-19-17(6-24)20(19)13-30;3-2(4,5)1(6)7/h2-5,8-11,17,19-20H,6,12-13,24H2,1H3;(H,6,7)/t17?,19-,20+;. The second-order valence-corrected chi connectivity index (χ2v) is 9.33. The molecule has 2 fully saturated rings. The predicted octanol–water partition coefficient (Wildman–Crippen LogP) is 2.94. The topological polar surface area (TPSA) is 138 Å². The number of nitrogens with two attached hydrogens (primary N) is 1. The Morgan fingerprint density at radius 3 is 2.34 bits per heavy atom. The normalized spacial score (nSPS) is 20.0. The molecule has 1 aliphatic carbocycles. The summed E-state index contributed by atoms with van der Waals surface area (Å²) in [5, 5.41) is 25.9. The number of halogens is 3. The number of aliphatic carboxylic acids is 1. The quantitative estimate of drug-likeness (QED) is 0.416. The summed E-state index contributed by atoms with van der Waals surface area (Å²) in [5.41, 5.74) is 10.7. The van der Waals surface area contributed by atoms with Crippen molar-refractivity contribution in [2.45, 2.75) is 6.18 Å². The van der Waals surface area contributed by atoms with Gasteiger partial charge < -0.3 is 15.7 Å². The van der Waals surface area contributed by atoms with E-state index >= 15 is 0 Å². The number of carbonyl (C=O) groups is 1. The van der Waals surface area contributed by atoms with E-state index in [0.717, 1.165) is 59.5 Å². The van der Waals surface area contributed by atoms with E-state index in [1.165, 1.54) is 0 Å². The zero-order chi connectivity index (χ0) is 27.2. The molecular formula is C25H23F3N8O2. The molecule has 196 valence electrons. The zero-order valence-electron chi connectivity index (χ0n) is 20.2. The summed E-state index contributed by atoms with van der Waals surface area (Å²) in [6.07, 6.45) is 2.45. The first-order chi connectivity index (χ1) is 18.1. The van der Waals surface area contributed by atoms with Gasteiger partial charge in [0.1, 0.15) is 23.1 Å². The van der Waals surface area contributed by atoms with Gasteiger partial charge in [-0.05, 0) is 42.5 Å². The molecule has 5 heterocycles. The molecule has 1 aliphatic heterocycles. The second kappa shape index (κ2) is 9.46. The Bertz CT molecular complexity index is 1520. The monoisotopic (exact) mass is 524 g/mol. The molecule has 6 rings (SSSR count). The Hall–Kier alpha value is -4.44. The van der Waals surface area contributed by atoms with E-state index in [2.05, 4.69) is 21.1 Å². The van der Waals surface area contributed by atoms with Crippen LogP contribution in [-0.2, 0) is 11.8 Å². The SMILES string of the molecule is Cn1cc(-c2ccc3c(C#N)c(-c4ccc(N5C[C@@H]6C(CN)[C@@H]6C5)nc4)nn3c2)cn1.O=C(O)C(F)(F)F. The maximum atomic E-state index is 10.6. The molecule has 4 aromatic rings. The average molecular weight is 525 g/mol. The lowest BCUT2D eigenvalue weighted by atomic mass is 10.1. The lowest BCUT2D eigenvalue weighted by Gasteiger charge is -2.20. The molecule has 3 atom stereocenters. The van der Waals surface area contributed by atoms with Crippen molar-refractivity contribution in [2.75, 3.05) is 24.5 Å². The van der Waals surface area contributed by atoms with Gasteiger partial charge in [0.25, 0.3) is 0 Å². The molecule has 0 aromatic carbocycles. The number of rotatable bonds is 4. The summed E-state index contributed by atoms with van der Waals surface area (Å²) in [6, 6.07) is 10.3. The van der Waals surface area contributed by atoms with Crippen LogP contribution in [0.15, 0.2) is 49.1 Å². The van der Waals surface area contributed by atoms with E-state index in [0.29, 0.717) is 17.2 Å². The minimum atomic E-state index is -5.08. The highest BCUT2D eigenvalue weighted by molar-refractivity contribution is 5.78. The molecule has 1 saturated heterocycles. The third-order valence-electron chi connectivity index (χ3n) is 7.01. The van der Waals surface area contributed by atoms with Crippen LogP contribution in [0, 0.1) is 29.1 Å². The second-order valence-electron chi connectivity index (χ2n) is 9.33. The summed E-state index contributed by atoms with van der Waals surface area (Å²) >= 11 is 0. The molecular weight excluding hydrogens is 501 g/mol. The summed E-state index contributed by atoms with van der Waals surface area (Å²) in [5.74, 6) is 0.372. The summed E-state index contributed by atoms with van der Waals surface area (Å²) in [4.78, 5) is 15.9. The molecule has 2 aliphatic rings. The maximum absolute atomic E-state index is 10.6. The lowest BCUT2D eigenvalue weighted by Crippen LogP contribution is -2.26.